The van der Waals surface area contributed by atoms with Crippen molar-refractivity contribution in [2.24, 2.45) is 0 Å². The van der Waals surface area contributed by atoms with Gasteiger partial charge in [-0.2, -0.15) is 0 Å². The van der Waals surface area contributed by atoms with Crippen LogP contribution in [-0.4, -0.2) is 15.0 Å². The summed E-state index contributed by atoms with van der Waals surface area (Å²) in [7, 11) is 0. The first-order valence-corrected chi connectivity index (χ1v) is 9.59. The Hall–Kier alpha value is -3.40. The smallest absolute Gasteiger partial charge is 0.0908 e. The summed E-state index contributed by atoms with van der Waals surface area (Å²) in [5, 5.41) is 13.9. The van der Waals surface area contributed by atoms with E-state index < -0.39 is 0 Å². The Morgan fingerprint density at radius 3 is 2.13 bits per heavy atom. The van der Waals surface area contributed by atoms with E-state index in [0.717, 1.165) is 16.8 Å². The minimum atomic E-state index is -0.0886. The molecule has 0 spiro atoms. The second-order valence-corrected chi connectivity index (χ2v) is 6.68. The van der Waals surface area contributed by atoms with Gasteiger partial charge >= 0.3 is 0 Å². The predicted octanol–water partition coefficient (Wildman–Crippen LogP) is 5.23. The zero-order valence-corrected chi connectivity index (χ0v) is 19.2. The minimum Gasteiger partial charge on any atom is -0.871 e. The molecule has 5 aromatic rings. The van der Waals surface area contributed by atoms with Crippen LogP contribution in [-0.2, 0) is 20.1 Å². The summed E-state index contributed by atoms with van der Waals surface area (Å²) in [6.07, 6.45) is 5.11. The molecule has 0 N–H and O–H groups in total. The summed E-state index contributed by atoms with van der Waals surface area (Å²) in [5.41, 5.74) is 4.09. The number of aromatic nitrogens is 3. The molecule has 5 rings (SSSR count). The molecule has 3 aromatic heterocycles. The van der Waals surface area contributed by atoms with Gasteiger partial charge in [-0.15, -0.1) is 35.9 Å². The molecule has 0 aliphatic rings. The van der Waals surface area contributed by atoms with Crippen molar-refractivity contribution in [1.82, 2.24) is 15.0 Å². The minimum absolute atomic E-state index is 0. The van der Waals surface area contributed by atoms with Gasteiger partial charge in [0.25, 0.3) is 0 Å². The van der Waals surface area contributed by atoms with E-state index in [1.807, 2.05) is 67.7 Å². The van der Waals surface area contributed by atoms with Crippen LogP contribution in [0.4, 0.5) is 0 Å². The maximum absolute atomic E-state index is 11.5. The third-order valence-electron chi connectivity index (χ3n) is 4.64. The summed E-state index contributed by atoms with van der Waals surface area (Å²) in [6, 6.07) is 28.3. The van der Waals surface area contributed by atoms with Crippen molar-refractivity contribution in [2.75, 3.05) is 0 Å². The van der Waals surface area contributed by atoms with Crippen molar-refractivity contribution < 1.29 is 25.2 Å². The van der Waals surface area contributed by atoms with Crippen LogP contribution >= 0.6 is 0 Å². The SMILES string of the molecule is Cc1cccnc1-c1ncccc1[O-].[Ir].[c-]1ccccc1-c1nccc2ccccc12. The van der Waals surface area contributed by atoms with Crippen LogP contribution in [0.1, 0.15) is 5.56 Å². The van der Waals surface area contributed by atoms with Gasteiger partial charge in [0.05, 0.1) is 11.4 Å². The fraction of sp³-hybridized carbons (Fsp3) is 0.0385. The van der Waals surface area contributed by atoms with Gasteiger partial charge in [0.15, 0.2) is 0 Å². The van der Waals surface area contributed by atoms with Crippen molar-refractivity contribution >= 4 is 10.8 Å². The van der Waals surface area contributed by atoms with Crippen molar-refractivity contribution in [3.63, 3.8) is 0 Å². The molecule has 0 fully saturated rings. The van der Waals surface area contributed by atoms with E-state index in [1.165, 1.54) is 16.8 Å². The normalized spacial score (nSPS) is 9.97. The number of aryl methyl sites for hydroxylation is 1. The van der Waals surface area contributed by atoms with E-state index in [-0.39, 0.29) is 25.9 Å². The Morgan fingerprint density at radius 1 is 0.677 bits per heavy atom. The van der Waals surface area contributed by atoms with Gasteiger partial charge in [0.1, 0.15) is 0 Å². The molecule has 0 aliphatic heterocycles. The van der Waals surface area contributed by atoms with Crippen LogP contribution in [0.3, 0.4) is 0 Å². The Labute approximate surface area is 195 Å². The second-order valence-electron chi connectivity index (χ2n) is 6.68. The van der Waals surface area contributed by atoms with Crippen LogP contribution in [0.15, 0.2) is 97.5 Å². The maximum atomic E-state index is 11.5. The summed E-state index contributed by atoms with van der Waals surface area (Å²) in [5.74, 6) is -0.0886. The molecule has 4 nitrogen and oxygen atoms in total. The fourth-order valence-electron chi connectivity index (χ4n) is 3.18. The summed E-state index contributed by atoms with van der Waals surface area (Å²) in [4.78, 5) is 12.6. The molecule has 5 heteroatoms. The molecule has 2 aromatic carbocycles. The van der Waals surface area contributed by atoms with Crippen LogP contribution in [0, 0.1) is 13.0 Å². The van der Waals surface area contributed by atoms with Crippen LogP contribution in [0.2, 0.25) is 0 Å². The first-order chi connectivity index (χ1) is 14.7. The molecule has 0 saturated heterocycles. The van der Waals surface area contributed by atoms with Gasteiger partial charge in [-0.25, -0.2) is 0 Å². The standard InChI is InChI=1S/C15H10N.C11H10N2O.Ir/c1-2-7-13(8-3-1)15-14-9-5-4-6-12(14)10-11-16-15;1-8-4-2-6-12-10(8)11-9(14)5-3-7-13-11;/h1-7,9-11H;2-7,14H,1H3;/q-1;;/p-1. The molecular weight excluding hydrogens is 563 g/mol. The van der Waals surface area contributed by atoms with Crippen molar-refractivity contribution in [2.45, 2.75) is 6.92 Å². The number of rotatable bonds is 2. The van der Waals surface area contributed by atoms with Gasteiger partial charge in [-0.1, -0.05) is 42.1 Å². The molecule has 0 saturated carbocycles. The maximum Gasteiger partial charge on any atom is 0.0908 e. The molecule has 0 amide bonds. The summed E-state index contributed by atoms with van der Waals surface area (Å²) >= 11 is 0. The summed E-state index contributed by atoms with van der Waals surface area (Å²) in [6.45, 7) is 1.91. The number of hydrogen-bond acceptors (Lipinski definition) is 4. The third kappa shape index (κ3) is 5.21. The Bertz CT molecular complexity index is 1230. The second kappa shape index (κ2) is 10.6. The zero-order chi connectivity index (χ0) is 20.8. The van der Waals surface area contributed by atoms with Crippen LogP contribution < -0.4 is 5.11 Å². The molecule has 3 heterocycles. The van der Waals surface area contributed by atoms with Gasteiger partial charge in [0.2, 0.25) is 0 Å². The largest absolute Gasteiger partial charge is 0.871 e. The van der Waals surface area contributed by atoms with Crippen molar-refractivity contribution in [3.8, 4) is 28.4 Å². The molecular formula is C26H19IrN3O-2. The Kier molecular flexibility index (Phi) is 7.60. The van der Waals surface area contributed by atoms with E-state index in [1.54, 1.807) is 18.5 Å². The van der Waals surface area contributed by atoms with E-state index in [4.69, 9.17) is 0 Å². The Morgan fingerprint density at radius 2 is 1.39 bits per heavy atom. The molecule has 155 valence electrons. The van der Waals surface area contributed by atoms with Gasteiger partial charge in [-0.05, 0) is 47.2 Å². The molecule has 0 atom stereocenters. The molecule has 0 bridgehead atoms. The number of hydrogen-bond donors (Lipinski definition) is 0. The molecule has 0 unspecified atom stereocenters. The first kappa shape index (κ1) is 22.3. The van der Waals surface area contributed by atoms with E-state index >= 15 is 0 Å². The predicted molar refractivity (Wildman–Crippen MR) is 118 cm³/mol. The number of pyridine rings is 3. The number of benzene rings is 2. The summed E-state index contributed by atoms with van der Waals surface area (Å²) < 4.78 is 0. The van der Waals surface area contributed by atoms with E-state index in [9.17, 15) is 5.11 Å². The molecule has 1 radical (unpaired) electrons. The monoisotopic (exact) mass is 582 g/mol. The van der Waals surface area contributed by atoms with Crippen LogP contribution in [0.25, 0.3) is 33.4 Å². The topological polar surface area (TPSA) is 61.7 Å². The van der Waals surface area contributed by atoms with E-state index in [0.29, 0.717) is 11.4 Å². The van der Waals surface area contributed by atoms with Gasteiger partial charge in [-0.3, -0.25) is 9.97 Å². The number of fused-ring (bicyclic) bond motifs is 1. The van der Waals surface area contributed by atoms with E-state index in [2.05, 4.69) is 33.2 Å². The molecule has 31 heavy (non-hydrogen) atoms. The third-order valence-corrected chi connectivity index (χ3v) is 4.64. The van der Waals surface area contributed by atoms with Gasteiger partial charge < -0.3 is 10.1 Å². The average Bonchev–Trinajstić information content (AvgIpc) is 2.81. The van der Waals surface area contributed by atoms with Crippen LogP contribution in [0.5, 0.6) is 5.75 Å². The Balaban J connectivity index is 0.000000172. The quantitative estimate of drug-likeness (QED) is 0.268. The van der Waals surface area contributed by atoms with Crippen molar-refractivity contribution in [1.29, 1.82) is 0 Å². The molecule has 0 aliphatic carbocycles. The number of nitrogens with zero attached hydrogens (tertiary/aromatic N) is 3. The van der Waals surface area contributed by atoms with Crippen molar-refractivity contribution in [3.05, 3.63) is 109 Å². The average molecular weight is 582 g/mol. The van der Waals surface area contributed by atoms with Gasteiger partial charge in [0, 0.05) is 38.7 Å². The first-order valence-electron chi connectivity index (χ1n) is 9.59. The zero-order valence-electron chi connectivity index (χ0n) is 16.8. The fourth-order valence-corrected chi connectivity index (χ4v) is 3.18.